The highest BCUT2D eigenvalue weighted by molar-refractivity contribution is 7.21. The second kappa shape index (κ2) is 9.93. The van der Waals surface area contributed by atoms with Crippen LogP contribution in [-0.2, 0) is 0 Å². The van der Waals surface area contributed by atoms with Crippen molar-refractivity contribution in [3.05, 3.63) is 140 Å². The van der Waals surface area contributed by atoms with Gasteiger partial charge in [-0.25, -0.2) is 4.98 Å². The Balaban J connectivity index is 1.37. The summed E-state index contributed by atoms with van der Waals surface area (Å²) in [5.41, 5.74) is 11.6. The Kier molecular flexibility index (Phi) is 5.61. The van der Waals surface area contributed by atoms with Crippen molar-refractivity contribution in [2.24, 2.45) is 0 Å². The van der Waals surface area contributed by atoms with Gasteiger partial charge in [0.15, 0.2) is 0 Å². The molecule has 0 radical (unpaired) electrons. The van der Waals surface area contributed by atoms with Crippen LogP contribution in [0.5, 0.6) is 0 Å². The quantitative estimate of drug-likeness (QED) is 0.202. The van der Waals surface area contributed by atoms with Crippen LogP contribution in [0, 0.1) is 0 Å². The average Bonchev–Trinajstić information content (AvgIpc) is 3.90. The van der Waals surface area contributed by atoms with Crippen molar-refractivity contribution in [3.63, 3.8) is 0 Å². The van der Waals surface area contributed by atoms with E-state index in [1.807, 2.05) is 48.9 Å². The Hall–Kier alpha value is -5.72. The normalized spacial score (nSPS) is 11.6. The number of thiazole rings is 1. The summed E-state index contributed by atoms with van der Waals surface area (Å²) in [4.78, 5) is 9.70. The van der Waals surface area contributed by atoms with Gasteiger partial charge in [-0.05, 0) is 83.9 Å². The van der Waals surface area contributed by atoms with Gasteiger partial charge < -0.3 is 13.4 Å². The lowest BCUT2D eigenvalue weighted by atomic mass is 9.98. The molecular weight excluding hydrogens is 563 g/mol. The van der Waals surface area contributed by atoms with Gasteiger partial charge >= 0.3 is 0 Å². The molecule has 0 saturated heterocycles. The number of fused-ring (bicyclic) bond motifs is 4. The Morgan fingerprint density at radius 2 is 1.43 bits per heavy atom. The molecule has 0 atom stereocenters. The van der Waals surface area contributed by atoms with Crippen molar-refractivity contribution in [2.45, 2.75) is 0 Å². The number of hydrogen-bond acceptors (Lipinski definition) is 5. The molecule has 4 aromatic carbocycles. The van der Waals surface area contributed by atoms with Crippen LogP contribution in [-0.4, -0.2) is 14.5 Å². The lowest BCUT2D eigenvalue weighted by Crippen LogP contribution is -1.95. The SMILES string of the molecule is c1ccc(-c2cccc(-n3c4ccc(-c5ccoc5)cc4c4cc(-c5ccoc5)c(-c5nc6ccccc6s5)cc43)c2)nc1. The number of para-hydroxylation sites is 1. The molecule has 9 rings (SSSR count). The molecular formula is C38H23N3O2S. The zero-order valence-corrected chi connectivity index (χ0v) is 24.2. The monoisotopic (exact) mass is 585 g/mol. The van der Waals surface area contributed by atoms with Crippen LogP contribution in [0.25, 0.3) is 81.8 Å². The second-order valence-corrected chi connectivity index (χ2v) is 11.8. The zero-order valence-electron chi connectivity index (χ0n) is 23.3. The Morgan fingerprint density at radius 3 is 2.25 bits per heavy atom. The summed E-state index contributed by atoms with van der Waals surface area (Å²) in [6.07, 6.45) is 8.88. The first-order chi connectivity index (χ1) is 21.8. The van der Waals surface area contributed by atoms with E-state index in [1.165, 1.54) is 0 Å². The summed E-state index contributed by atoms with van der Waals surface area (Å²) in [6.45, 7) is 0. The molecule has 0 unspecified atom stereocenters. The maximum absolute atomic E-state index is 5.58. The van der Waals surface area contributed by atoms with E-state index in [-0.39, 0.29) is 0 Å². The van der Waals surface area contributed by atoms with Crippen molar-refractivity contribution in [1.82, 2.24) is 14.5 Å². The van der Waals surface area contributed by atoms with Crippen molar-refractivity contribution < 1.29 is 8.83 Å². The van der Waals surface area contributed by atoms with Gasteiger partial charge in [-0.1, -0.05) is 36.4 Å². The predicted molar refractivity (Wildman–Crippen MR) is 178 cm³/mol. The zero-order chi connectivity index (χ0) is 29.0. The van der Waals surface area contributed by atoms with Crippen LogP contribution in [0.15, 0.2) is 149 Å². The van der Waals surface area contributed by atoms with E-state index in [4.69, 9.17) is 13.8 Å². The number of hydrogen-bond donors (Lipinski definition) is 0. The van der Waals surface area contributed by atoms with Gasteiger partial charge in [-0.2, -0.15) is 0 Å². The Morgan fingerprint density at radius 1 is 0.591 bits per heavy atom. The summed E-state index contributed by atoms with van der Waals surface area (Å²) >= 11 is 1.71. The van der Waals surface area contributed by atoms with Crippen LogP contribution in [0.3, 0.4) is 0 Å². The summed E-state index contributed by atoms with van der Waals surface area (Å²) in [5, 5.41) is 3.28. The minimum Gasteiger partial charge on any atom is -0.472 e. The molecule has 6 heteroatoms. The molecule has 44 heavy (non-hydrogen) atoms. The molecule has 0 aliphatic rings. The van der Waals surface area contributed by atoms with Crippen molar-refractivity contribution in [1.29, 1.82) is 0 Å². The summed E-state index contributed by atoms with van der Waals surface area (Å²) < 4.78 is 14.5. The standard InChI is InChI=1S/C38H23N3O2S/c1-2-10-37-34(9-1)40-38(44-37)32-21-36-31(20-29(32)27-14-17-43-23-27)30-19-24(26-13-16-42-22-26)11-12-35(30)41(36)28-7-5-6-25(18-28)33-8-3-4-15-39-33/h1-23H. The fourth-order valence-electron chi connectivity index (χ4n) is 6.11. The van der Waals surface area contributed by atoms with Gasteiger partial charge in [-0.15, -0.1) is 11.3 Å². The molecule has 0 spiro atoms. The van der Waals surface area contributed by atoms with Gasteiger partial charge in [0.05, 0.1) is 52.0 Å². The van der Waals surface area contributed by atoms with Crippen LogP contribution in [0.2, 0.25) is 0 Å². The molecule has 0 aliphatic carbocycles. The number of furan rings is 2. The molecule has 5 nitrogen and oxygen atoms in total. The summed E-state index contributed by atoms with van der Waals surface area (Å²) in [5.74, 6) is 0. The number of nitrogens with zero attached hydrogens (tertiary/aromatic N) is 3. The predicted octanol–water partition coefficient (Wildman–Crippen LogP) is 10.6. The lowest BCUT2D eigenvalue weighted by molar-refractivity contribution is 0.568. The van der Waals surface area contributed by atoms with Crippen LogP contribution in [0.1, 0.15) is 0 Å². The molecule has 208 valence electrons. The third-order valence-corrected chi connectivity index (χ3v) is 9.25. The molecule has 0 fully saturated rings. The largest absolute Gasteiger partial charge is 0.472 e. The average molecular weight is 586 g/mol. The minimum absolute atomic E-state index is 0.940. The lowest BCUT2D eigenvalue weighted by Gasteiger charge is -2.12. The first kappa shape index (κ1) is 24.8. The van der Waals surface area contributed by atoms with E-state index in [9.17, 15) is 0 Å². The molecule has 0 saturated carbocycles. The first-order valence-electron chi connectivity index (χ1n) is 14.4. The van der Waals surface area contributed by atoms with Gasteiger partial charge in [0.2, 0.25) is 0 Å². The van der Waals surface area contributed by atoms with Gasteiger partial charge in [0.25, 0.3) is 0 Å². The number of benzene rings is 4. The third-order valence-electron chi connectivity index (χ3n) is 8.18. The highest BCUT2D eigenvalue weighted by Crippen LogP contribution is 2.43. The van der Waals surface area contributed by atoms with Crippen LogP contribution < -0.4 is 0 Å². The van der Waals surface area contributed by atoms with E-state index >= 15 is 0 Å². The molecule has 5 heterocycles. The topological polar surface area (TPSA) is 57.0 Å². The molecule has 0 aliphatic heterocycles. The molecule has 5 aromatic heterocycles. The number of aromatic nitrogens is 3. The van der Waals surface area contributed by atoms with E-state index in [0.29, 0.717) is 0 Å². The second-order valence-electron chi connectivity index (χ2n) is 10.8. The maximum Gasteiger partial charge on any atom is 0.125 e. The molecule has 0 bridgehead atoms. The number of pyridine rings is 1. The molecule has 9 aromatic rings. The smallest absolute Gasteiger partial charge is 0.125 e. The highest BCUT2D eigenvalue weighted by atomic mass is 32.1. The molecule has 0 N–H and O–H groups in total. The Labute approximate surface area is 256 Å². The minimum atomic E-state index is 0.940. The molecule has 0 amide bonds. The summed E-state index contributed by atoms with van der Waals surface area (Å²) in [6, 6.07) is 38.1. The number of rotatable bonds is 5. The fourth-order valence-corrected chi connectivity index (χ4v) is 7.11. The van der Waals surface area contributed by atoms with E-state index in [1.54, 1.807) is 30.1 Å². The third kappa shape index (κ3) is 4.00. The fraction of sp³-hybridized carbons (Fsp3) is 0. The van der Waals surface area contributed by atoms with Gasteiger partial charge in [-0.3, -0.25) is 4.98 Å². The van der Waals surface area contributed by atoms with Crippen molar-refractivity contribution in [3.8, 4) is 49.8 Å². The first-order valence-corrected chi connectivity index (χ1v) is 15.2. The summed E-state index contributed by atoms with van der Waals surface area (Å²) in [7, 11) is 0. The van der Waals surface area contributed by atoms with E-state index in [2.05, 4.69) is 82.3 Å². The van der Waals surface area contributed by atoms with E-state index < -0.39 is 0 Å². The van der Waals surface area contributed by atoms with Gasteiger partial charge in [0.1, 0.15) is 5.01 Å². The van der Waals surface area contributed by atoms with Crippen LogP contribution in [0.4, 0.5) is 0 Å². The van der Waals surface area contributed by atoms with Crippen LogP contribution >= 0.6 is 11.3 Å². The van der Waals surface area contributed by atoms with Gasteiger partial charge in [0, 0.05) is 44.9 Å². The maximum atomic E-state index is 5.58. The highest BCUT2D eigenvalue weighted by Gasteiger charge is 2.20. The van der Waals surface area contributed by atoms with Crippen molar-refractivity contribution >= 4 is 43.4 Å². The van der Waals surface area contributed by atoms with Crippen molar-refractivity contribution in [2.75, 3.05) is 0 Å². The van der Waals surface area contributed by atoms with E-state index in [0.717, 1.165) is 81.8 Å². The Bertz CT molecular complexity index is 2400.